The van der Waals surface area contributed by atoms with Crippen molar-refractivity contribution in [2.24, 2.45) is 0 Å². The number of sulfonamides is 1. The van der Waals surface area contributed by atoms with Crippen LogP contribution in [0.1, 0.15) is 10.4 Å². The minimum atomic E-state index is -3.96. The Hall–Kier alpha value is -2.83. The number of carbonyl (C=O) groups excluding carboxylic acids is 1. The van der Waals surface area contributed by atoms with E-state index in [0.717, 1.165) is 0 Å². The SMILES string of the molecule is O=C(O)CNS(=O)(=O)c1ccc(NC(=O)c2ccc([NH+]([O-])O)cc2)cc1. The molecule has 10 nitrogen and oxygen atoms in total. The van der Waals surface area contributed by atoms with Crippen molar-refractivity contribution < 1.29 is 33.5 Å². The molecule has 0 fully saturated rings. The molecule has 2 aromatic rings. The quantitative estimate of drug-likeness (QED) is 0.412. The highest BCUT2D eigenvalue weighted by Gasteiger charge is 2.15. The second-order valence-electron chi connectivity index (χ2n) is 5.08. The van der Waals surface area contributed by atoms with E-state index in [9.17, 15) is 23.2 Å². The molecule has 0 aliphatic heterocycles. The topological polar surface area (TPSA) is 160 Å². The fourth-order valence-corrected chi connectivity index (χ4v) is 2.90. The molecule has 0 aliphatic rings. The number of rotatable bonds is 7. The molecule has 5 N–H and O–H groups in total. The number of hydrogen-bond acceptors (Lipinski definition) is 6. The van der Waals surface area contributed by atoms with E-state index in [1.807, 2.05) is 4.72 Å². The van der Waals surface area contributed by atoms with Crippen LogP contribution in [0, 0.1) is 5.21 Å². The summed E-state index contributed by atoms with van der Waals surface area (Å²) < 4.78 is 25.7. The van der Waals surface area contributed by atoms with Crippen LogP contribution in [0.5, 0.6) is 0 Å². The van der Waals surface area contributed by atoms with E-state index in [1.54, 1.807) is 0 Å². The second-order valence-corrected chi connectivity index (χ2v) is 6.85. The van der Waals surface area contributed by atoms with Crippen molar-refractivity contribution in [2.75, 3.05) is 11.9 Å². The fourth-order valence-electron chi connectivity index (χ4n) is 1.92. The average Bonchev–Trinajstić information content (AvgIpc) is 2.60. The first kappa shape index (κ1) is 19.5. The van der Waals surface area contributed by atoms with E-state index in [0.29, 0.717) is 5.69 Å². The van der Waals surface area contributed by atoms with Crippen LogP contribution in [0.15, 0.2) is 53.4 Å². The van der Waals surface area contributed by atoms with E-state index in [2.05, 4.69) is 5.32 Å². The number of nitrogens with one attached hydrogen (secondary N) is 3. The smallest absolute Gasteiger partial charge is 0.318 e. The highest BCUT2D eigenvalue weighted by molar-refractivity contribution is 7.89. The first-order valence-electron chi connectivity index (χ1n) is 7.15. The summed E-state index contributed by atoms with van der Waals surface area (Å²) in [4.78, 5) is 22.4. The Labute approximate surface area is 148 Å². The van der Waals surface area contributed by atoms with Gasteiger partial charge in [0.05, 0.1) is 4.90 Å². The molecular formula is C15H15N3O7S. The van der Waals surface area contributed by atoms with Gasteiger partial charge in [0.1, 0.15) is 6.54 Å². The number of anilines is 1. The second kappa shape index (κ2) is 8.03. The van der Waals surface area contributed by atoms with Crippen LogP contribution >= 0.6 is 0 Å². The molecule has 2 rings (SSSR count). The van der Waals surface area contributed by atoms with Gasteiger partial charge in [-0.25, -0.2) is 13.6 Å². The Morgan fingerprint density at radius 1 is 1.04 bits per heavy atom. The predicted molar refractivity (Wildman–Crippen MR) is 89.4 cm³/mol. The summed E-state index contributed by atoms with van der Waals surface area (Å²) in [7, 11) is -3.96. The monoisotopic (exact) mass is 381 g/mol. The van der Waals surface area contributed by atoms with Crippen LogP contribution in [0.2, 0.25) is 0 Å². The van der Waals surface area contributed by atoms with E-state index in [1.165, 1.54) is 48.5 Å². The van der Waals surface area contributed by atoms with Crippen LogP contribution < -0.4 is 15.3 Å². The Kier molecular flexibility index (Phi) is 6.02. The molecule has 0 saturated carbocycles. The van der Waals surface area contributed by atoms with Crippen molar-refractivity contribution >= 4 is 33.3 Å². The lowest BCUT2D eigenvalue weighted by Gasteiger charge is -2.11. The number of benzene rings is 2. The Bertz CT molecular complexity index is 894. The molecule has 2 aromatic carbocycles. The number of carboxylic acids is 1. The van der Waals surface area contributed by atoms with Crippen LogP contribution in [-0.2, 0) is 14.8 Å². The number of carboxylic acid groups (broad SMARTS) is 1. The molecule has 0 heterocycles. The maximum absolute atomic E-state index is 12.1. The van der Waals surface area contributed by atoms with Gasteiger partial charge in [-0.1, -0.05) is 0 Å². The van der Waals surface area contributed by atoms with Crippen LogP contribution in [0.3, 0.4) is 0 Å². The van der Waals surface area contributed by atoms with Crippen molar-refractivity contribution in [1.82, 2.24) is 4.72 Å². The van der Waals surface area contributed by atoms with E-state index in [-0.39, 0.29) is 16.1 Å². The molecule has 0 bridgehead atoms. The Balaban J connectivity index is 2.06. The lowest BCUT2D eigenvalue weighted by atomic mass is 10.2. The van der Waals surface area contributed by atoms with E-state index < -0.39 is 33.7 Å². The maximum Gasteiger partial charge on any atom is 0.318 e. The zero-order valence-corrected chi connectivity index (χ0v) is 14.0. The van der Waals surface area contributed by atoms with Gasteiger partial charge in [0, 0.05) is 23.4 Å². The van der Waals surface area contributed by atoms with Gasteiger partial charge in [-0.05, 0) is 36.4 Å². The third-order valence-electron chi connectivity index (χ3n) is 3.23. The highest BCUT2D eigenvalue weighted by atomic mass is 32.2. The minimum absolute atomic E-state index is 0.0463. The van der Waals surface area contributed by atoms with E-state index >= 15 is 0 Å². The molecule has 138 valence electrons. The number of quaternary nitrogens is 1. The van der Waals surface area contributed by atoms with Gasteiger partial charge in [0.25, 0.3) is 5.91 Å². The van der Waals surface area contributed by atoms with Crippen molar-refractivity contribution in [2.45, 2.75) is 4.90 Å². The number of aliphatic carboxylic acids is 1. The number of carbonyl (C=O) groups is 2. The predicted octanol–water partition coefficient (Wildman–Crippen LogP) is -0.295. The molecule has 1 atom stereocenters. The molecule has 1 unspecified atom stereocenters. The molecule has 26 heavy (non-hydrogen) atoms. The molecule has 0 aliphatic carbocycles. The third-order valence-corrected chi connectivity index (χ3v) is 4.65. The lowest BCUT2D eigenvalue weighted by Crippen LogP contribution is -2.99. The van der Waals surface area contributed by atoms with Gasteiger partial charge >= 0.3 is 5.97 Å². The summed E-state index contributed by atoms with van der Waals surface area (Å²) in [5.74, 6) is -1.81. The standard InChI is InChI=1S/C15H15N3O7S/c19-14(20)9-16-26(24,25)13-7-3-11(4-8-13)17-15(21)10-1-5-12(6-2-10)18(22)23/h1-8,16,18,22H,9H2,(H,17,21)(H,19,20). The number of hydrogen-bond donors (Lipinski definition) is 5. The van der Waals surface area contributed by atoms with Gasteiger partial charge in [0.15, 0.2) is 5.69 Å². The largest absolute Gasteiger partial charge is 0.595 e. The molecule has 1 amide bonds. The summed E-state index contributed by atoms with van der Waals surface area (Å²) in [6, 6.07) is 10.4. The third kappa shape index (κ3) is 5.08. The Morgan fingerprint density at radius 2 is 1.62 bits per heavy atom. The molecule has 0 saturated heterocycles. The van der Waals surface area contributed by atoms with Crippen molar-refractivity contribution in [3.63, 3.8) is 0 Å². The zero-order valence-electron chi connectivity index (χ0n) is 13.2. The molecule has 11 heteroatoms. The molecule has 0 radical (unpaired) electrons. The first-order chi connectivity index (χ1) is 12.2. The van der Waals surface area contributed by atoms with Crippen molar-refractivity contribution in [3.8, 4) is 0 Å². The van der Waals surface area contributed by atoms with E-state index in [4.69, 9.17) is 10.3 Å². The van der Waals surface area contributed by atoms with Gasteiger partial charge in [-0.15, -0.1) is 0 Å². The highest BCUT2D eigenvalue weighted by Crippen LogP contribution is 2.15. The minimum Gasteiger partial charge on any atom is -0.595 e. The summed E-state index contributed by atoms with van der Waals surface area (Å²) >= 11 is 0. The average molecular weight is 381 g/mol. The number of amides is 1. The van der Waals surface area contributed by atoms with Gasteiger partial charge in [0.2, 0.25) is 10.0 Å². The summed E-state index contributed by atoms with van der Waals surface area (Å²) in [6.45, 7) is -0.743. The first-order valence-corrected chi connectivity index (χ1v) is 8.63. The summed E-state index contributed by atoms with van der Waals surface area (Å²) in [5.41, 5.74) is 0.592. The van der Waals surface area contributed by atoms with Gasteiger partial charge in [-0.3, -0.25) is 9.59 Å². The molecule has 0 spiro atoms. The summed E-state index contributed by atoms with van der Waals surface area (Å²) in [6.07, 6.45) is 0. The normalized spacial score (nSPS) is 12.4. The maximum atomic E-state index is 12.1. The molecule has 0 aromatic heterocycles. The van der Waals surface area contributed by atoms with Crippen LogP contribution in [0.4, 0.5) is 11.4 Å². The fraction of sp³-hybridized carbons (Fsp3) is 0.0667. The van der Waals surface area contributed by atoms with Crippen LogP contribution in [-0.4, -0.2) is 37.2 Å². The lowest BCUT2D eigenvalue weighted by molar-refractivity contribution is -0.991. The Morgan fingerprint density at radius 3 is 2.12 bits per heavy atom. The molecular weight excluding hydrogens is 366 g/mol. The van der Waals surface area contributed by atoms with Crippen molar-refractivity contribution in [1.29, 1.82) is 0 Å². The van der Waals surface area contributed by atoms with Crippen molar-refractivity contribution in [3.05, 3.63) is 59.3 Å². The van der Waals surface area contributed by atoms with Gasteiger partial charge in [-0.2, -0.15) is 9.95 Å². The van der Waals surface area contributed by atoms with Gasteiger partial charge < -0.3 is 15.6 Å². The zero-order chi connectivity index (χ0) is 19.3. The summed E-state index contributed by atoms with van der Waals surface area (Å²) in [5, 5.41) is 29.6. The van der Waals surface area contributed by atoms with Crippen LogP contribution in [0.25, 0.3) is 0 Å².